The van der Waals surface area contributed by atoms with Crippen LogP contribution in [0.1, 0.15) is 45.4 Å². The molecule has 0 radical (unpaired) electrons. The monoisotopic (exact) mass is 404 g/mol. The van der Waals surface area contributed by atoms with Crippen molar-refractivity contribution in [3.63, 3.8) is 0 Å². The maximum Gasteiger partial charge on any atom is 0.232 e. The first-order chi connectivity index (χ1) is 13.7. The SMILES string of the molecule is CC1CCN(c2cc(N3CCCC3)nc(NC(=S)NCC3CCCO3)n2)CC1. The zero-order valence-electron chi connectivity index (χ0n) is 16.8. The number of hydrogen-bond donors (Lipinski definition) is 2. The van der Waals surface area contributed by atoms with Crippen molar-refractivity contribution >= 4 is 34.9 Å². The van der Waals surface area contributed by atoms with E-state index in [1.54, 1.807) is 0 Å². The van der Waals surface area contributed by atoms with Gasteiger partial charge in [0.05, 0.1) is 6.10 Å². The summed E-state index contributed by atoms with van der Waals surface area (Å²) < 4.78 is 5.65. The molecule has 4 heterocycles. The van der Waals surface area contributed by atoms with Crippen LogP contribution in [0.15, 0.2) is 6.07 Å². The summed E-state index contributed by atoms with van der Waals surface area (Å²) in [5.41, 5.74) is 0. The van der Waals surface area contributed by atoms with E-state index in [1.807, 2.05) is 0 Å². The zero-order chi connectivity index (χ0) is 19.3. The molecule has 3 fully saturated rings. The molecule has 0 aliphatic carbocycles. The maximum absolute atomic E-state index is 5.65. The van der Waals surface area contributed by atoms with Crippen molar-refractivity contribution in [3.8, 4) is 0 Å². The summed E-state index contributed by atoms with van der Waals surface area (Å²) in [4.78, 5) is 14.3. The summed E-state index contributed by atoms with van der Waals surface area (Å²) in [6.07, 6.45) is 7.36. The predicted molar refractivity (Wildman–Crippen MR) is 117 cm³/mol. The zero-order valence-corrected chi connectivity index (χ0v) is 17.6. The summed E-state index contributed by atoms with van der Waals surface area (Å²) in [5, 5.41) is 7.02. The minimum absolute atomic E-state index is 0.252. The van der Waals surface area contributed by atoms with E-state index in [4.69, 9.17) is 26.9 Å². The molecule has 1 aromatic rings. The molecule has 3 aliphatic heterocycles. The van der Waals surface area contributed by atoms with Crippen LogP contribution in [0.2, 0.25) is 0 Å². The second-order valence-electron chi connectivity index (χ2n) is 8.24. The van der Waals surface area contributed by atoms with Gasteiger partial charge in [-0.1, -0.05) is 6.92 Å². The first-order valence-corrected chi connectivity index (χ1v) is 11.1. The van der Waals surface area contributed by atoms with Crippen molar-refractivity contribution in [3.05, 3.63) is 6.07 Å². The third-order valence-corrected chi connectivity index (χ3v) is 6.22. The van der Waals surface area contributed by atoms with Crippen molar-refractivity contribution in [1.82, 2.24) is 15.3 Å². The minimum atomic E-state index is 0.252. The Kier molecular flexibility index (Phi) is 6.47. The molecule has 3 aliphatic rings. The minimum Gasteiger partial charge on any atom is -0.376 e. The van der Waals surface area contributed by atoms with Gasteiger partial charge in [-0.05, 0) is 56.7 Å². The lowest BCUT2D eigenvalue weighted by Crippen LogP contribution is -2.36. The van der Waals surface area contributed by atoms with Crippen LogP contribution in [0.3, 0.4) is 0 Å². The highest BCUT2D eigenvalue weighted by atomic mass is 32.1. The van der Waals surface area contributed by atoms with Crippen LogP contribution in [-0.2, 0) is 4.74 Å². The van der Waals surface area contributed by atoms with Gasteiger partial charge < -0.3 is 25.2 Å². The Hall–Kier alpha value is -1.67. The normalized spacial score (nSPS) is 23.2. The lowest BCUT2D eigenvalue weighted by Gasteiger charge is -2.32. The maximum atomic E-state index is 5.65. The number of hydrogen-bond acceptors (Lipinski definition) is 6. The van der Waals surface area contributed by atoms with Gasteiger partial charge in [-0.15, -0.1) is 0 Å². The highest BCUT2D eigenvalue weighted by Gasteiger charge is 2.22. The van der Waals surface area contributed by atoms with Crippen molar-refractivity contribution in [2.24, 2.45) is 5.92 Å². The van der Waals surface area contributed by atoms with Crippen LogP contribution < -0.4 is 20.4 Å². The summed E-state index contributed by atoms with van der Waals surface area (Å²) in [5.74, 6) is 3.39. The van der Waals surface area contributed by atoms with E-state index in [0.29, 0.717) is 11.1 Å². The highest BCUT2D eigenvalue weighted by Crippen LogP contribution is 2.27. The van der Waals surface area contributed by atoms with Gasteiger partial charge in [-0.3, -0.25) is 0 Å². The Bertz CT molecular complexity index is 667. The number of ether oxygens (including phenoxy) is 1. The summed E-state index contributed by atoms with van der Waals surface area (Å²) >= 11 is 5.48. The Morgan fingerprint density at radius 3 is 2.39 bits per heavy atom. The van der Waals surface area contributed by atoms with Crippen molar-refractivity contribution in [2.45, 2.75) is 51.6 Å². The highest BCUT2D eigenvalue weighted by molar-refractivity contribution is 7.80. The number of anilines is 3. The fourth-order valence-corrected chi connectivity index (χ4v) is 4.32. The Balaban J connectivity index is 1.45. The number of thiocarbonyl (C=S) groups is 1. The molecular weight excluding hydrogens is 372 g/mol. The van der Waals surface area contributed by atoms with Gasteiger partial charge in [0.15, 0.2) is 5.11 Å². The number of nitrogens with zero attached hydrogens (tertiary/aromatic N) is 4. The molecule has 2 N–H and O–H groups in total. The molecule has 0 saturated carbocycles. The van der Waals surface area contributed by atoms with E-state index in [0.717, 1.165) is 69.7 Å². The molecule has 0 amide bonds. The molecule has 3 saturated heterocycles. The first-order valence-electron chi connectivity index (χ1n) is 10.7. The van der Waals surface area contributed by atoms with Crippen molar-refractivity contribution in [1.29, 1.82) is 0 Å². The van der Waals surface area contributed by atoms with Crippen molar-refractivity contribution < 1.29 is 4.74 Å². The summed E-state index contributed by atoms with van der Waals surface area (Å²) in [6.45, 7) is 8.15. The van der Waals surface area contributed by atoms with Gasteiger partial charge in [-0.2, -0.15) is 9.97 Å². The summed E-state index contributed by atoms with van der Waals surface area (Å²) in [7, 11) is 0. The van der Waals surface area contributed by atoms with Crippen LogP contribution in [0.4, 0.5) is 17.6 Å². The second kappa shape index (κ2) is 9.22. The molecule has 8 heteroatoms. The Labute approximate surface area is 173 Å². The van der Waals surface area contributed by atoms with E-state index in [9.17, 15) is 0 Å². The summed E-state index contributed by atoms with van der Waals surface area (Å²) in [6, 6.07) is 2.15. The molecule has 154 valence electrons. The third-order valence-electron chi connectivity index (χ3n) is 5.98. The molecule has 4 rings (SSSR count). The predicted octanol–water partition coefficient (Wildman–Crippen LogP) is 2.78. The molecule has 0 aromatic carbocycles. The average Bonchev–Trinajstić information content (AvgIpc) is 3.41. The van der Waals surface area contributed by atoms with E-state index in [-0.39, 0.29) is 6.10 Å². The molecule has 1 atom stereocenters. The fraction of sp³-hybridized carbons (Fsp3) is 0.750. The lowest BCUT2D eigenvalue weighted by atomic mass is 9.99. The largest absolute Gasteiger partial charge is 0.376 e. The molecule has 28 heavy (non-hydrogen) atoms. The Morgan fingerprint density at radius 2 is 1.75 bits per heavy atom. The topological polar surface area (TPSA) is 65.5 Å². The fourth-order valence-electron chi connectivity index (χ4n) is 4.14. The number of rotatable bonds is 5. The Morgan fingerprint density at radius 1 is 1.07 bits per heavy atom. The van der Waals surface area contributed by atoms with Crippen LogP contribution in [-0.4, -0.2) is 60.5 Å². The molecule has 1 unspecified atom stereocenters. The van der Waals surface area contributed by atoms with Gasteiger partial charge >= 0.3 is 0 Å². The number of aromatic nitrogens is 2. The molecule has 1 aromatic heterocycles. The van der Waals surface area contributed by atoms with Gasteiger partial charge in [0.25, 0.3) is 0 Å². The van der Waals surface area contributed by atoms with E-state index in [1.165, 1.54) is 25.7 Å². The van der Waals surface area contributed by atoms with Gasteiger partial charge in [-0.25, -0.2) is 0 Å². The standard InChI is InChI=1S/C20H32N6OS/c1-15-6-10-26(11-7-15)18-13-17(25-8-2-3-9-25)22-19(23-18)24-20(28)21-14-16-5-4-12-27-16/h13,15-16H,2-12,14H2,1H3,(H2,21,22,23,24,28). The van der Waals surface area contributed by atoms with Crippen LogP contribution in [0.25, 0.3) is 0 Å². The first kappa shape index (κ1) is 19.6. The van der Waals surface area contributed by atoms with E-state index in [2.05, 4.69) is 33.4 Å². The lowest BCUT2D eigenvalue weighted by molar-refractivity contribution is 0.114. The van der Waals surface area contributed by atoms with Gasteiger partial charge in [0.1, 0.15) is 11.6 Å². The van der Waals surface area contributed by atoms with Gasteiger partial charge in [0, 0.05) is 45.4 Å². The smallest absolute Gasteiger partial charge is 0.232 e. The third kappa shape index (κ3) is 5.03. The number of nitrogens with one attached hydrogen (secondary N) is 2. The van der Waals surface area contributed by atoms with Crippen LogP contribution >= 0.6 is 12.2 Å². The second-order valence-corrected chi connectivity index (χ2v) is 8.65. The van der Waals surface area contributed by atoms with Crippen LogP contribution in [0, 0.1) is 5.92 Å². The molecule has 7 nitrogen and oxygen atoms in total. The van der Waals surface area contributed by atoms with E-state index >= 15 is 0 Å². The molecular formula is C20H32N6OS. The van der Waals surface area contributed by atoms with Crippen LogP contribution in [0.5, 0.6) is 0 Å². The van der Waals surface area contributed by atoms with Gasteiger partial charge in [0.2, 0.25) is 5.95 Å². The quantitative estimate of drug-likeness (QED) is 0.727. The average molecular weight is 405 g/mol. The number of piperidine rings is 1. The van der Waals surface area contributed by atoms with E-state index < -0.39 is 0 Å². The molecule has 0 spiro atoms. The molecule has 0 bridgehead atoms. The van der Waals surface area contributed by atoms with Crippen molar-refractivity contribution in [2.75, 3.05) is 54.4 Å².